The molecular formula is C26H33NS. The van der Waals surface area contributed by atoms with Crippen LogP contribution in [-0.4, -0.2) is 0 Å². The summed E-state index contributed by atoms with van der Waals surface area (Å²) in [6.07, 6.45) is 4.70. The fraction of sp³-hybridized carbons (Fsp3) is 0.385. The SMILES string of the molecule is C=C(S/C=C(\C)Cc1cc(C)c(N)cc1C)c1ccc2c(c1)CCCC2(C)C. The van der Waals surface area contributed by atoms with Gasteiger partial charge in [-0.3, -0.25) is 0 Å². The summed E-state index contributed by atoms with van der Waals surface area (Å²) in [4.78, 5) is 1.12. The van der Waals surface area contributed by atoms with Crippen LogP contribution >= 0.6 is 11.8 Å². The predicted molar refractivity (Wildman–Crippen MR) is 127 cm³/mol. The molecule has 0 aromatic heterocycles. The van der Waals surface area contributed by atoms with Crippen LogP contribution < -0.4 is 5.73 Å². The molecule has 0 heterocycles. The molecule has 2 aromatic rings. The predicted octanol–water partition coefficient (Wildman–Crippen LogP) is 7.35. The molecule has 2 heteroatoms. The van der Waals surface area contributed by atoms with Crippen LogP contribution in [-0.2, 0) is 18.3 Å². The fourth-order valence-electron chi connectivity index (χ4n) is 4.16. The Balaban J connectivity index is 1.70. The van der Waals surface area contributed by atoms with Crippen molar-refractivity contribution in [3.63, 3.8) is 0 Å². The Labute approximate surface area is 175 Å². The lowest BCUT2D eigenvalue weighted by Gasteiger charge is -2.32. The quantitative estimate of drug-likeness (QED) is 0.539. The highest BCUT2D eigenvalue weighted by molar-refractivity contribution is 8.10. The van der Waals surface area contributed by atoms with Crippen molar-refractivity contribution < 1.29 is 0 Å². The Kier molecular flexibility index (Phi) is 6.09. The maximum atomic E-state index is 6.02. The van der Waals surface area contributed by atoms with Gasteiger partial charge in [0.1, 0.15) is 0 Å². The first-order chi connectivity index (χ1) is 13.2. The molecule has 28 heavy (non-hydrogen) atoms. The number of thioether (sulfide) groups is 1. The van der Waals surface area contributed by atoms with Gasteiger partial charge in [-0.2, -0.15) is 0 Å². The van der Waals surface area contributed by atoms with Gasteiger partial charge < -0.3 is 5.73 Å². The zero-order chi connectivity index (χ0) is 20.5. The highest BCUT2D eigenvalue weighted by Crippen LogP contribution is 2.39. The van der Waals surface area contributed by atoms with E-state index >= 15 is 0 Å². The van der Waals surface area contributed by atoms with Crippen LogP contribution in [0, 0.1) is 13.8 Å². The van der Waals surface area contributed by atoms with Gasteiger partial charge >= 0.3 is 0 Å². The Morgan fingerprint density at radius 1 is 1.18 bits per heavy atom. The van der Waals surface area contributed by atoms with E-state index in [0.717, 1.165) is 22.6 Å². The average Bonchev–Trinajstić information content (AvgIpc) is 2.63. The van der Waals surface area contributed by atoms with Gasteiger partial charge in [-0.15, -0.1) is 0 Å². The van der Waals surface area contributed by atoms with Crippen LogP contribution in [0.25, 0.3) is 4.91 Å². The molecule has 1 nitrogen and oxygen atoms in total. The smallest absolute Gasteiger partial charge is 0.0346 e. The molecule has 148 valence electrons. The summed E-state index contributed by atoms with van der Waals surface area (Å²) in [6.45, 7) is 15.5. The van der Waals surface area contributed by atoms with E-state index in [2.05, 4.69) is 76.9 Å². The third-order valence-corrected chi connectivity index (χ3v) is 7.04. The van der Waals surface area contributed by atoms with Gasteiger partial charge in [0.25, 0.3) is 0 Å². The molecule has 0 atom stereocenters. The van der Waals surface area contributed by atoms with E-state index in [9.17, 15) is 0 Å². The fourth-order valence-corrected chi connectivity index (χ4v) is 4.85. The molecule has 0 aliphatic heterocycles. The zero-order valence-corrected chi connectivity index (χ0v) is 18.8. The minimum atomic E-state index is 0.298. The number of hydrogen-bond acceptors (Lipinski definition) is 2. The van der Waals surface area contributed by atoms with E-state index in [4.69, 9.17) is 5.73 Å². The molecule has 0 spiro atoms. The Bertz CT molecular complexity index is 934. The van der Waals surface area contributed by atoms with E-state index in [0.29, 0.717) is 5.41 Å². The number of nitrogens with two attached hydrogens (primary N) is 1. The number of fused-ring (bicyclic) bond motifs is 1. The normalized spacial score (nSPS) is 16.0. The standard InChI is InChI=1S/C26H33NS/c1-17(12-23-13-19(3)25(27)14-18(23)2)16-28-20(4)21-9-10-24-22(15-21)8-7-11-26(24,5)6/h9-10,13-16H,4,7-8,11-12,27H2,1-3,5-6H3/b17-16+. The first-order valence-electron chi connectivity index (χ1n) is 10.2. The molecule has 0 radical (unpaired) electrons. The Morgan fingerprint density at radius 2 is 1.93 bits per heavy atom. The number of anilines is 1. The number of rotatable bonds is 5. The number of hydrogen-bond donors (Lipinski definition) is 1. The van der Waals surface area contributed by atoms with Gasteiger partial charge in [0.15, 0.2) is 0 Å². The summed E-state index contributed by atoms with van der Waals surface area (Å²) in [5, 5.41) is 2.25. The Morgan fingerprint density at radius 3 is 2.68 bits per heavy atom. The van der Waals surface area contributed by atoms with Gasteiger partial charge in [0.2, 0.25) is 0 Å². The van der Waals surface area contributed by atoms with Crippen molar-refractivity contribution in [2.75, 3.05) is 5.73 Å². The van der Waals surface area contributed by atoms with E-state index in [1.807, 2.05) is 0 Å². The molecular weight excluding hydrogens is 358 g/mol. The first-order valence-corrected chi connectivity index (χ1v) is 11.1. The summed E-state index contributed by atoms with van der Waals surface area (Å²) in [5.74, 6) is 0. The summed E-state index contributed by atoms with van der Waals surface area (Å²) >= 11 is 1.74. The second-order valence-corrected chi connectivity index (χ2v) is 9.89. The van der Waals surface area contributed by atoms with Crippen molar-refractivity contribution in [3.05, 3.63) is 81.3 Å². The number of aryl methyl sites for hydroxylation is 3. The minimum Gasteiger partial charge on any atom is -0.399 e. The molecule has 2 aromatic carbocycles. The lowest BCUT2D eigenvalue weighted by Crippen LogP contribution is -2.23. The zero-order valence-electron chi connectivity index (χ0n) is 18.0. The molecule has 2 N–H and O–H groups in total. The van der Waals surface area contributed by atoms with Crippen LogP contribution in [0.3, 0.4) is 0 Å². The number of allylic oxidation sites excluding steroid dienone is 1. The van der Waals surface area contributed by atoms with Crippen LogP contribution in [0.2, 0.25) is 0 Å². The van der Waals surface area contributed by atoms with Crippen molar-refractivity contribution in [2.24, 2.45) is 0 Å². The van der Waals surface area contributed by atoms with E-state index < -0.39 is 0 Å². The molecule has 1 aliphatic carbocycles. The van der Waals surface area contributed by atoms with Gasteiger partial charge in [-0.25, -0.2) is 0 Å². The lowest BCUT2D eigenvalue weighted by molar-refractivity contribution is 0.432. The summed E-state index contributed by atoms with van der Waals surface area (Å²) in [7, 11) is 0. The Hall–Kier alpha value is -1.93. The van der Waals surface area contributed by atoms with Crippen LogP contribution in [0.5, 0.6) is 0 Å². The molecule has 1 aliphatic rings. The molecule has 0 saturated heterocycles. The summed E-state index contributed by atoms with van der Waals surface area (Å²) in [6, 6.07) is 11.2. The van der Waals surface area contributed by atoms with Crippen molar-refractivity contribution in [1.82, 2.24) is 0 Å². The second kappa shape index (κ2) is 8.21. The molecule has 0 unspecified atom stereocenters. The van der Waals surface area contributed by atoms with Crippen molar-refractivity contribution in [3.8, 4) is 0 Å². The van der Waals surface area contributed by atoms with E-state index in [-0.39, 0.29) is 0 Å². The number of nitrogen functional groups attached to an aromatic ring is 1. The largest absolute Gasteiger partial charge is 0.399 e. The second-order valence-electron chi connectivity index (χ2n) is 8.93. The third kappa shape index (κ3) is 4.55. The average molecular weight is 392 g/mol. The topological polar surface area (TPSA) is 26.0 Å². The first kappa shape index (κ1) is 20.8. The minimum absolute atomic E-state index is 0.298. The van der Waals surface area contributed by atoms with Crippen LogP contribution in [0.15, 0.2) is 47.9 Å². The summed E-state index contributed by atoms with van der Waals surface area (Å²) < 4.78 is 0. The van der Waals surface area contributed by atoms with Crippen LogP contribution in [0.1, 0.15) is 67.0 Å². The van der Waals surface area contributed by atoms with Crippen molar-refractivity contribution in [2.45, 2.75) is 65.7 Å². The molecule has 0 amide bonds. The molecule has 0 saturated carbocycles. The summed E-state index contributed by atoms with van der Waals surface area (Å²) in [5.41, 5.74) is 16.6. The van der Waals surface area contributed by atoms with Gasteiger partial charge in [0.05, 0.1) is 0 Å². The monoisotopic (exact) mass is 391 g/mol. The molecule has 0 fully saturated rings. The van der Waals surface area contributed by atoms with Crippen LogP contribution in [0.4, 0.5) is 5.69 Å². The molecule has 0 bridgehead atoms. The van der Waals surface area contributed by atoms with Gasteiger partial charge in [0, 0.05) is 10.6 Å². The van der Waals surface area contributed by atoms with Crippen molar-refractivity contribution in [1.29, 1.82) is 0 Å². The lowest BCUT2D eigenvalue weighted by atomic mass is 9.72. The highest BCUT2D eigenvalue weighted by atomic mass is 32.2. The van der Waals surface area contributed by atoms with Crippen molar-refractivity contribution >= 4 is 22.4 Å². The van der Waals surface area contributed by atoms with Gasteiger partial charge in [-0.1, -0.05) is 62.0 Å². The number of benzene rings is 2. The molecule has 3 rings (SSSR count). The maximum absolute atomic E-state index is 6.02. The van der Waals surface area contributed by atoms with E-state index in [1.54, 1.807) is 11.8 Å². The highest BCUT2D eigenvalue weighted by Gasteiger charge is 2.27. The van der Waals surface area contributed by atoms with E-state index in [1.165, 1.54) is 52.7 Å². The third-order valence-electron chi connectivity index (χ3n) is 6.00. The van der Waals surface area contributed by atoms with Gasteiger partial charge in [-0.05, 0) is 96.7 Å². The maximum Gasteiger partial charge on any atom is 0.0346 e.